The van der Waals surface area contributed by atoms with E-state index in [2.05, 4.69) is 5.53 Å². The van der Waals surface area contributed by atoms with Crippen LogP contribution in [-0.4, -0.2) is 23.4 Å². The Morgan fingerprint density at radius 1 is 1.24 bits per heavy atom. The van der Waals surface area contributed by atoms with Crippen LogP contribution in [0.2, 0.25) is 5.02 Å². The van der Waals surface area contributed by atoms with Gasteiger partial charge in [-0.3, -0.25) is 14.6 Å². The molecule has 6 nitrogen and oxygen atoms in total. The fraction of sp³-hybridized carbons (Fsp3) is 0.222. The maximum absolute atomic E-state index is 12.6. The van der Waals surface area contributed by atoms with Crippen molar-refractivity contribution in [3.8, 4) is 0 Å². The summed E-state index contributed by atoms with van der Waals surface area (Å²) in [6, 6.07) is 14.8. The predicted molar refractivity (Wildman–Crippen MR) is 96.8 cm³/mol. The highest BCUT2D eigenvalue weighted by molar-refractivity contribution is 6.30. The first kappa shape index (κ1) is 17.3. The van der Waals surface area contributed by atoms with Crippen molar-refractivity contribution in [2.45, 2.75) is 19.4 Å². The number of anilines is 1. The van der Waals surface area contributed by atoms with E-state index in [0.717, 1.165) is 17.7 Å². The number of carbonyl (C=O) groups excluding carboxylic acids is 2. The minimum atomic E-state index is -0.587. The van der Waals surface area contributed by atoms with Gasteiger partial charge < -0.3 is 5.73 Å². The second-order valence-corrected chi connectivity index (χ2v) is 6.26. The average molecular weight is 359 g/mol. The minimum absolute atomic E-state index is 0.0803. The van der Waals surface area contributed by atoms with Gasteiger partial charge in [-0.1, -0.05) is 42.8 Å². The van der Waals surface area contributed by atoms with Crippen molar-refractivity contribution >= 4 is 29.1 Å². The van der Waals surface area contributed by atoms with Gasteiger partial charge in [0, 0.05) is 5.02 Å². The smallest absolute Gasteiger partial charge is 0.272 e. The first-order valence-electron chi connectivity index (χ1n) is 8.01. The van der Waals surface area contributed by atoms with Crippen LogP contribution in [0.3, 0.4) is 0 Å². The molecule has 0 aromatic heterocycles. The summed E-state index contributed by atoms with van der Waals surface area (Å²) in [4.78, 5) is 23.9. The summed E-state index contributed by atoms with van der Waals surface area (Å²) in [5.41, 5.74) is 10.6. The standard InChI is InChI=1S/C18H19ClN4O2/c1-2-15(12-6-5-7-13(19)10-12)23-16-9-4-3-8-14(16)18(25)22(21-23)11-17(20)24/h3-10,15,21H,2,11H2,1H3,(H2,20,24). The highest BCUT2D eigenvalue weighted by Gasteiger charge is 2.33. The molecule has 3 N–H and O–H groups in total. The molecule has 0 saturated carbocycles. The third kappa shape index (κ3) is 3.45. The summed E-state index contributed by atoms with van der Waals surface area (Å²) in [5, 5.41) is 3.76. The molecule has 0 bridgehead atoms. The van der Waals surface area contributed by atoms with Crippen molar-refractivity contribution < 1.29 is 9.59 Å². The number of hydrogen-bond acceptors (Lipinski definition) is 4. The van der Waals surface area contributed by atoms with Crippen molar-refractivity contribution in [3.05, 3.63) is 64.7 Å². The van der Waals surface area contributed by atoms with Gasteiger partial charge in [0.2, 0.25) is 5.91 Å². The first-order chi connectivity index (χ1) is 12.0. The molecule has 1 aliphatic rings. The van der Waals surface area contributed by atoms with Gasteiger partial charge >= 0.3 is 0 Å². The summed E-state index contributed by atoms with van der Waals surface area (Å²) < 4.78 is 0. The lowest BCUT2D eigenvalue weighted by Gasteiger charge is -2.42. The molecule has 2 amide bonds. The van der Waals surface area contributed by atoms with Gasteiger partial charge in [0.15, 0.2) is 0 Å². The maximum Gasteiger partial charge on any atom is 0.272 e. The number of amides is 2. The van der Waals surface area contributed by atoms with Crippen LogP contribution in [0.4, 0.5) is 5.69 Å². The molecule has 3 rings (SSSR count). The van der Waals surface area contributed by atoms with E-state index in [1.165, 1.54) is 5.01 Å². The molecule has 0 aliphatic carbocycles. The molecular formula is C18H19ClN4O2. The van der Waals surface area contributed by atoms with Crippen molar-refractivity contribution in [2.75, 3.05) is 11.6 Å². The summed E-state index contributed by atoms with van der Waals surface area (Å²) >= 11 is 6.14. The fourth-order valence-electron chi connectivity index (χ4n) is 3.02. The lowest BCUT2D eigenvalue weighted by atomic mass is 10.0. The van der Waals surface area contributed by atoms with Gasteiger partial charge in [0.1, 0.15) is 6.54 Å². The van der Waals surface area contributed by atoms with E-state index in [1.54, 1.807) is 12.1 Å². The highest BCUT2D eigenvalue weighted by atomic mass is 35.5. The van der Waals surface area contributed by atoms with Crippen LogP contribution in [-0.2, 0) is 4.79 Å². The number of nitrogens with zero attached hydrogens (tertiary/aromatic N) is 2. The Kier molecular flexibility index (Phi) is 4.92. The third-order valence-electron chi connectivity index (χ3n) is 4.11. The van der Waals surface area contributed by atoms with Crippen LogP contribution in [0.1, 0.15) is 35.3 Å². The van der Waals surface area contributed by atoms with Crippen LogP contribution in [0.25, 0.3) is 0 Å². The van der Waals surface area contributed by atoms with Crippen LogP contribution in [0.15, 0.2) is 48.5 Å². The number of nitrogens with one attached hydrogen (secondary N) is 1. The average Bonchev–Trinajstić information content (AvgIpc) is 2.59. The summed E-state index contributed by atoms with van der Waals surface area (Å²) in [6.45, 7) is 1.83. The zero-order chi connectivity index (χ0) is 18.0. The van der Waals surface area contributed by atoms with Gasteiger partial charge in [-0.2, -0.15) is 0 Å². The molecule has 0 fully saturated rings. The number of carbonyl (C=O) groups is 2. The number of hydrogen-bond donors (Lipinski definition) is 2. The molecule has 1 aliphatic heterocycles. The number of primary amides is 1. The predicted octanol–water partition coefficient (Wildman–Crippen LogP) is 2.66. The van der Waals surface area contributed by atoms with Crippen molar-refractivity contribution in [3.63, 3.8) is 0 Å². The molecule has 1 unspecified atom stereocenters. The number of nitrogens with two attached hydrogens (primary N) is 1. The van der Waals surface area contributed by atoms with E-state index in [1.807, 2.05) is 48.3 Å². The van der Waals surface area contributed by atoms with E-state index in [0.29, 0.717) is 10.6 Å². The molecule has 0 spiro atoms. The molecule has 1 heterocycles. The van der Waals surface area contributed by atoms with Gasteiger partial charge in [-0.15, -0.1) is 5.53 Å². The van der Waals surface area contributed by atoms with Gasteiger partial charge in [0.05, 0.1) is 17.3 Å². The molecule has 25 heavy (non-hydrogen) atoms. The SMILES string of the molecule is CCC(c1cccc(Cl)c1)N1NN(CC(N)=O)C(=O)c2ccccc21. The molecule has 2 aromatic carbocycles. The van der Waals surface area contributed by atoms with E-state index in [9.17, 15) is 9.59 Å². The lowest BCUT2D eigenvalue weighted by molar-refractivity contribution is -0.119. The molecular weight excluding hydrogens is 340 g/mol. The van der Waals surface area contributed by atoms with Crippen molar-refractivity contribution in [1.29, 1.82) is 0 Å². The number of rotatable bonds is 5. The molecule has 0 radical (unpaired) electrons. The quantitative estimate of drug-likeness (QED) is 0.861. The van der Waals surface area contributed by atoms with Crippen LogP contribution >= 0.6 is 11.6 Å². The van der Waals surface area contributed by atoms with E-state index < -0.39 is 5.91 Å². The number of benzene rings is 2. The number of hydrazine groups is 2. The van der Waals surface area contributed by atoms with Crippen molar-refractivity contribution in [1.82, 2.24) is 10.5 Å². The molecule has 130 valence electrons. The Bertz CT molecular complexity index is 811. The van der Waals surface area contributed by atoms with Gasteiger partial charge in [-0.05, 0) is 36.2 Å². The Morgan fingerprint density at radius 2 is 2.00 bits per heavy atom. The minimum Gasteiger partial charge on any atom is -0.368 e. The Labute approximate surface area is 151 Å². The van der Waals surface area contributed by atoms with Crippen molar-refractivity contribution in [2.24, 2.45) is 5.73 Å². The zero-order valence-corrected chi connectivity index (χ0v) is 14.5. The molecule has 7 heteroatoms. The summed E-state index contributed by atoms with van der Waals surface area (Å²) in [5.74, 6) is -0.873. The maximum atomic E-state index is 12.6. The fourth-order valence-corrected chi connectivity index (χ4v) is 3.22. The van der Waals surface area contributed by atoms with E-state index in [-0.39, 0.29) is 18.5 Å². The number of fused-ring (bicyclic) bond motifs is 1. The van der Waals surface area contributed by atoms with E-state index in [4.69, 9.17) is 17.3 Å². The molecule has 1 atom stereocenters. The first-order valence-corrected chi connectivity index (χ1v) is 8.39. The Balaban J connectivity index is 2.05. The van der Waals surface area contributed by atoms with Crippen LogP contribution < -0.4 is 16.3 Å². The number of halogens is 1. The van der Waals surface area contributed by atoms with Gasteiger partial charge in [0.25, 0.3) is 5.91 Å². The number of para-hydroxylation sites is 1. The molecule has 2 aromatic rings. The Morgan fingerprint density at radius 3 is 2.68 bits per heavy atom. The van der Waals surface area contributed by atoms with Crippen LogP contribution in [0.5, 0.6) is 0 Å². The monoisotopic (exact) mass is 358 g/mol. The largest absolute Gasteiger partial charge is 0.368 e. The lowest BCUT2D eigenvalue weighted by Crippen LogP contribution is -2.59. The summed E-state index contributed by atoms with van der Waals surface area (Å²) in [7, 11) is 0. The van der Waals surface area contributed by atoms with Gasteiger partial charge in [-0.25, -0.2) is 5.01 Å². The summed E-state index contributed by atoms with van der Waals surface area (Å²) in [6.07, 6.45) is 0.764. The van der Waals surface area contributed by atoms with E-state index >= 15 is 0 Å². The third-order valence-corrected chi connectivity index (χ3v) is 4.35. The highest BCUT2D eigenvalue weighted by Crippen LogP contribution is 2.34. The normalized spacial score (nSPS) is 15.0. The molecule has 0 saturated heterocycles. The second-order valence-electron chi connectivity index (χ2n) is 5.82. The topological polar surface area (TPSA) is 78.7 Å². The van der Waals surface area contributed by atoms with Crippen LogP contribution in [0, 0.1) is 0 Å². The Hall–Kier alpha value is -2.57. The second kappa shape index (κ2) is 7.13. The zero-order valence-electron chi connectivity index (χ0n) is 13.8.